The first kappa shape index (κ1) is 21.4. The summed E-state index contributed by atoms with van der Waals surface area (Å²) in [6, 6.07) is 12.4. The number of amides is 1. The third-order valence-electron chi connectivity index (χ3n) is 4.82. The normalized spacial score (nSPS) is 15.0. The van der Waals surface area contributed by atoms with Crippen LogP contribution in [0.1, 0.15) is 48.5 Å². The Morgan fingerprint density at radius 2 is 2.06 bits per heavy atom. The topological polar surface area (TPSA) is 111 Å². The number of rotatable bonds is 9. The summed E-state index contributed by atoms with van der Waals surface area (Å²) in [5, 5.41) is 16.7. The number of fused-ring (bicyclic) bond motifs is 1. The number of unbranched alkanes of at least 4 members (excludes halogenated alkanes) is 1. The molecule has 0 bridgehead atoms. The van der Waals surface area contributed by atoms with Crippen LogP contribution < -0.4 is 19.5 Å². The lowest BCUT2D eigenvalue weighted by atomic mass is 10.2. The van der Waals surface area contributed by atoms with E-state index in [0.29, 0.717) is 35.2 Å². The van der Waals surface area contributed by atoms with Gasteiger partial charge in [0.05, 0.1) is 12.3 Å². The van der Waals surface area contributed by atoms with E-state index in [2.05, 4.69) is 45.0 Å². The van der Waals surface area contributed by atoms with E-state index in [1.54, 1.807) is 42.5 Å². The number of tetrazole rings is 1. The van der Waals surface area contributed by atoms with Crippen LogP contribution in [0.15, 0.2) is 54.6 Å². The molecule has 166 valence electrons. The molecular formula is C23H25N5O4. The first-order valence-corrected chi connectivity index (χ1v) is 10.6. The van der Waals surface area contributed by atoms with Crippen LogP contribution in [0.2, 0.25) is 0 Å². The second-order valence-corrected chi connectivity index (χ2v) is 7.20. The Morgan fingerprint density at radius 1 is 1.22 bits per heavy atom. The van der Waals surface area contributed by atoms with Gasteiger partial charge in [0.25, 0.3) is 5.91 Å². The summed E-state index contributed by atoms with van der Waals surface area (Å²) in [4.78, 5) is 12.8. The zero-order valence-corrected chi connectivity index (χ0v) is 17.8. The van der Waals surface area contributed by atoms with Crippen molar-refractivity contribution in [1.82, 2.24) is 20.6 Å². The number of carbonyl (C=O) groups is 1. The second-order valence-electron chi connectivity index (χ2n) is 7.20. The third kappa shape index (κ3) is 5.23. The van der Waals surface area contributed by atoms with Crippen LogP contribution >= 0.6 is 0 Å². The van der Waals surface area contributed by atoms with Crippen LogP contribution in [-0.4, -0.2) is 39.7 Å². The van der Waals surface area contributed by atoms with E-state index < -0.39 is 6.10 Å². The minimum atomic E-state index is -0.521. The van der Waals surface area contributed by atoms with Gasteiger partial charge < -0.3 is 19.5 Å². The Hall–Kier alpha value is -3.88. The lowest BCUT2D eigenvalue weighted by Gasteiger charge is -2.26. The van der Waals surface area contributed by atoms with Gasteiger partial charge >= 0.3 is 0 Å². The van der Waals surface area contributed by atoms with Crippen molar-refractivity contribution in [2.24, 2.45) is 0 Å². The van der Waals surface area contributed by atoms with Gasteiger partial charge in [-0.2, -0.15) is 5.21 Å². The van der Waals surface area contributed by atoms with Crippen LogP contribution in [0.4, 0.5) is 5.69 Å². The van der Waals surface area contributed by atoms with Crippen molar-refractivity contribution < 1.29 is 19.0 Å². The number of hydrogen-bond donors (Lipinski definition) is 2. The fourth-order valence-electron chi connectivity index (χ4n) is 3.17. The van der Waals surface area contributed by atoms with Gasteiger partial charge in [-0.1, -0.05) is 36.8 Å². The van der Waals surface area contributed by atoms with Crippen LogP contribution in [-0.2, 0) is 0 Å². The minimum Gasteiger partial charge on any atom is -0.493 e. The average Bonchev–Trinajstić information content (AvgIpc) is 3.37. The largest absolute Gasteiger partial charge is 0.493 e. The lowest BCUT2D eigenvalue weighted by Crippen LogP contribution is -2.24. The number of anilines is 1. The van der Waals surface area contributed by atoms with E-state index in [4.69, 9.17) is 14.2 Å². The van der Waals surface area contributed by atoms with Gasteiger partial charge in [0, 0.05) is 5.56 Å². The summed E-state index contributed by atoms with van der Waals surface area (Å²) in [6.07, 6.45) is 6.86. The van der Waals surface area contributed by atoms with Crippen LogP contribution in [0.5, 0.6) is 17.2 Å². The van der Waals surface area contributed by atoms with E-state index in [1.807, 2.05) is 0 Å². The van der Waals surface area contributed by atoms with E-state index >= 15 is 0 Å². The van der Waals surface area contributed by atoms with Crippen LogP contribution in [0.3, 0.4) is 0 Å². The van der Waals surface area contributed by atoms with Crippen molar-refractivity contribution in [2.75, 3.05) is 18.5 Å². The molecule has 1 unspecified atom stereocenters. The Bertz CT molecular complexity index is 1050. The SMILES string of the molecule is CCCC=CCCOc1ccc(C(=O)Nc2cccc3c2OC(c2nn[nH]n2)CO3)cc1. The maximum atomic E-state index is 12.8. The molecular weight excluding hydrogens is 410 g/mol. The van der Waals surface area contributed by atoms with E-state index in [1.165, 1.54) is 0 Å². The smallest absolute Gasteiger partial charge is 0.255 e. The molecule has 0 aliphatic carbocycles. The molecule has 4 rings (SSSR count). The van der Waals surface area contributed by atoms with Crippen molar-refractivity contribution in [2.45, 2.75) is 32.3 Å². The van der Waals surface area contributed by atoms with Gasteiger partial charge in [-0.3, -0.25) is 4.79 Å². The molecule has 1 aliphatic heterocycles. The molecule has 0 fully saturated rings. The Morgan fingerprint density at radius 3 is 2.84 bits per heavy atom. The summed E-state index contributed by atoms with van der Waals surface area (Å²) in [5.74, 6) is 1.81. The zero-order valence-electron chi connectivity index (χ0n) is 17.8. The van der Waals surface area contributed by atoms with Gasteiger partial charge in [0.1, 0.15) is 12.4 Å². The molecule has 1 amide bonds. The summed E-state index contributed by atoms with van der Waals surface area (Å²) in [5.41, 5.74) is 1.00. The maximum Gasteiger partial charge on any atom is 0.255 e. The van der Waals surface area contributed by atoms with Gasteiger partial charge in [0.2, 0.25) is 5.82 Å². The van der Waals surface area contributed by atoms with E-state index in [9.17, 15) is 4.79 Å². The number of allylic oxidation sites excluding steroid dienone is 1. The number of aromatic amines is 1. The second kappa shape index (κ2) is 10.4. The monoisotopic (exact) mass is 435 g/mol. The van der Waals surface area contributed by atoms with Gasteiger partial charge in [0.15, 0.2) is 17.6 Å². The predicted molar refractivity (Wildman–Crippen MR) is 118 cm³/mol. The van der Waals surface area contributed by atoms with E-state index in [-0.39, 0.29) is 12.5 Å². The number of aromatic nitrogens is 4. The van der Waals surface area contributed by atoms with Gasteiger partial charge in [-0.15, -0.1) is 10.2 Å². The van der Waals surface area contributed by atoms with Gasteiger partial charge in [-0.25, -0.2) is 0 Å². The van der Waals surface area contributed by atoms with Crippen LogP contribution in [0, 0.1) is 0 Å². The molecule has 0 saturated carbocycles. The number of para-hydroxylation sites is 1. The number of ether oxygens (including phenoxy) is 3. The molecule has 1 atom stereocenters. The number of benzene rings is 2. The summed E-state index contributed by atoms with van der Waals surface area (Å²) < 4.78 is 17.5. The molecule has 1 aromatic heterocycles. The molecule has 9 nitrogen and oxygen atoms in total. The molecule has 0 radical (unpaired) electrons. The number of nitrogens with one attached hydrogen (secondary N) is 2. The standard InChI is InChI=1S/C23H25N5O4/c1-2-3-4-5-6-14-30-17-12-10-16(11-13-17)23(29)24-18-8-7-9-19-21(18)32-20(15-31-19)22-25-27-28-26-22/h4-5,7-13,20H,2-3,6,14-15H2,1H3,(H,24,29)(H,25,26,27,28). The first-order valence-electron chi connectivity index (χ1n) is 10.6. The Kier molecular flexibility index (Phi) is 6.96. The molecule has 9 heteroatoms. The number of carbonyl (C=O) groups excluding carboxylic acids is 1. The number of H-pyrrole nitrogens is 1. The Balaban J connectivity index is 1.37. The number of nitrogens with zero attached hydrogens (tertiary/aromatic N) is 3. The molecule has 2 heterocycles. The zero-order chi connectivity index (χ0) is 22.2. The fourth-order valence-corrected chi connectivity index (χ4v) is 3.17. The highest BCUT2D eigenvalue weighted by Crippen LogP contribution is 2.41. The number of hydrogen-bond acceptors (Lipinski definition) is 7. The van der Waals surface area contributed by atoms with Crippen molar-refractivity contribution in [3.63, 3.8) is 0 Å². The average molecular weight is 435 g/mol. The fraction of sp³-hybridized carbons (Fsp3) is 0.304. The lowest BCUT2D eigenvalue weighted by molar-refractivity contribution is 0.0856. The summed E-state index contributed by atoms with van der Waals surface area (Å²) >= 11 is 0. The van der Waals surface area contributed by atoms with Crippen molar-refractivity contribution in [1.29, 1.82) is 0 Å². The Labute approximate surface area is 185 Å². The molecule has 2 N–H and O–H groups in total. The molecule has 1 aliphatic rings. The minimum absolute atomic E-state index is 0.250. The molecule has 3 aromatic rings. The third-order valence-corrected chi connectivity index (χ3v) is 4.82. The first-order chi connectivity index (χ1) is 15.7. The molecule has 0 spiro atoms. The predicted octanol–water partition coefficient (Wildman–Crippen LogP) is 4.09. The van der Waals surface area contributed by atoms with E-state index in [0.717, 1.165) is 25.0 Å². The molecule has 0 saturated heterocycles. The summed E-state index contributed by atoms with van der Waals surface area (Å²) in [6.45, 7) is 3.00. The highest BCUT2D eigenvalue weighted by Gasteiger charge is 2.28. The highest BCUT2D eigenvalue weighted by molar-refractivity contribution is 6.05. The quantitative estimate of drug-likeness (QED) is 0.385. The van der Waals surface area contributed by atoms with Crippen molar-refractivity contribution >= 4 is 11.6 Å². The van der Waals surface area contributed by atoms with Gasteiger partial charge in [-0.05, 0) is 49.2 Å². The van der Waals surface area contributed by atoms with Crippen molar-refractivity contribution in [3.8, 4) is 17.2 Å². The van der Waals surface area contributed by atoms with Crippen LogP contribution in [0.25, 0.3) is 0 Å². The molecule has 32 heavy (non-hydrogen) atoms. The highest BCUT2D eigenvalue weighted by atomic mass is 16.6. The van der Waals surface area contributed by atoms with Crippen molar-refractivity contribution in [3.05, 3.63) is 66.0 Å². The summed E-state index contributed by atoms with van der Waals surface area (Å²) in [7, 11) is 0. The molecule has 2 aromatic carbocycles. The maximum absolute atomic E-state index is 12.8.